The van der Waals surface area contributed by atoms with Gasteiger partial charge in [0.05, 0.1) is 5.97 Å². The summed E-state index contributed by atoms with van der Waals surface area (Å²) in [6.45, 7) is 2.61. The number of carboxylic acids is 1. The predicted octanol–water partition coefficient (Wildman–Crippen LogP) is 0.202. The van der Waals surface area contributed by atoms with Crippen LogP contribution in [0.15, 0.2) is 29.7 Å². The monoisotopic (exact) mass is 263 g/mol. The van der Waals surface area contributed by atoms with E-state index in [1.807, 2.05) is 23.6 Å². The van der Waals surface area contributed by atoms with E-state index in [1.165, 1.54) is 0 Å². The highest BCUT2D eigenvalue weighted by Crippen LogP contribution is 2.22. The fourth-order valence-corrected chi connectivity index (χ4v) is 2.23. The summed E-state index contributed by atoms with van der Waals surface area (Å²) in [7, 11) is 0. The molecule has 0 saturated carbocycles. The molecule has 0 N–H and O–H groups in total. The van der Waals surface area contributed by atoms with Crippen LogP contribution in [0.1, 0.15) is 6.92 Å². The molecule has 0 amide bonds. The van der Waals surface area contributed by atoms with Crippen LogP contribution in [0.3, 0.4) is 0 Å². The fraction of sp³-hybridized carbons (Fsp3) is 0.273. The number of thioether (sulfide) groups is 1. The molecule has 0 aliphatic carbocycles. The topological polar surface area (TPSA) is 83.7 Å². The second kappa shape index (κ2) is 5.63. The van der Waals surface area contributed by atoms with Crippen molar-refractivity contribution in [1.29, 1.82) is 0 Å². The maximum absolute atomic E-state index is 10.4. The number of carbonyl (C=O) groups is 1. The highest BCUT2D eigenvalue weighted by Gasteiger charge is 2.12. The molecule has 0 atom stereocenters. The number of hydrogen-bond acceptors (Lipinski definition) is 6. The largest absolute Gasteiger partial charge is 0.549 e. The van der Waals surface area contributed by atoms with Crippen molar-refractivity contribution in [1.82, 2.24) is 19.7 Å². The standard InChI is InChI=1S/C11H12N4O2S/c1-2-15-10(8-4-3-5-12-6-8)13-14-11(15)18-7-9(16)17/h3-6H,2,7H2,1H3,(H,16,17)/p-1. The van der Waals surface area contributed by atoms with E-state index < -0.39 is 5.97 Å². The van der Waals surface area contributed by atoms with Gasteiger partial charge in [-0.05, 0) is 19.1 Å². The molecule has 0 aliphatic heterocycles. The minimum Gasteiger partial charge on any atom is -0.549 e. The third-order valence-corrected chi connectivity index (χ3v) is 3.21. The van der Waals surface area contributed by atoms with Crippen LogP contribution in [0.25, 0.3) is 11.4 Å². The molecule has 0 bridgehead atoms. The van der Waals surface area contributed by atoms with Gasteiger partial charge in [0, 0.05) is 30.3 Å². The Balaban J connectivity index is 2.30. The molecule has 6 nitrogen and oxygen atoms in total. The van der Waals surface area contributed by atoms with Gasteiger partial charge < -0.3 is 14.5 Å². The summed E-state index contributed by atoms with van der Waals surface area (Å²) in [5.74, 6) is -0.564. The van der Waals surface area contributed by atoms with Crippen LogP contribution < -0.4 is 5.11 Å². The lowest BCUT2D eigenvalue weighted by Crippen LogP contribution is -2.24. The van der Waals surface area contributed by atoms with Gasteiger partial charge >= 0.3 is 0 Å². The average Bonchev–Trinajstić information content (AvgIpc) is 2.80. The quantitative estimate of drug-likeness (QED) is 0.717. The summed E-state index contributed by atoms with van der Waals surface area (Å²) in [6.07, 6.45) is 3.38. The molecule has 0 fully saturated rings. The lowest BCUT2D eigenvalue weighted by Gasteiger charge is -2.07. The molecule has 94 valence electrons. The molecule has 0 radical (unpaired) electrons. The third kappa shape index (κ3) is 2.67. The highest BCUT2D eigenvalue weighted by atomic mass is 32.2. The van der Waals surface area contributed by atoms with Gasteiger partial charge in [-0.15, -0.1) is 10.2 Å². The first-order valence-electron chi connectivity index (χ1n) is 5.38. The van der Waals surface area contributed by atoms with Crippen LogP contribution in [0.2, 0.25) is 0 Å². The highest BCUT2D eigenvalue weighted by molar-refractivity contribution is 7.99. The van der Waals surface area contributed by atoms with Crippen LogP contribution in [-0.4, -0.2) is 31.5 Å². The summed E-state index contributed by atoms with van der Waals surface area (Å²) < 4.78 is 1.85. The lowest BCUT2D eigenvalue weighted by molar-refractivity contribution is -0.301. The van der Waals surface area contributed by atoms with Gasteiger partial charge in [0.25, 0.3) is 0 Å². The second-order valence-corrected chi connectivity index (χ2v) is 4.40. The third-order valence-electron chi connectivity index (χ3n) is 2.27. The summed E-state index contributed by atoms with van der Waals surface area (Å²) in [6, 6.07) is 3.70. The molecule has 0 aliphatic rings. The minimum absolute atomic E-state index is 0.134. The van der Waals surface area contributed by atoms with Crippen molar-refractivity contribution in [3.63, 3.8) is 0 Å². The van der Waals surface area contributed by atoms with Gasteiger partial charge in [-0.1, -0.05) is 11.8 Å². The van der Waals surface area contributed by atoms with Gasteiger partial charge in [-0.25, -0.2) is 0 Å². The van der Waals surface area contributed by atoms with Crippen LogP contribution >= 0.6 is 11.8 Å². The number of carboxylic acid groups (broad SMARTS) is 1. The van der Waals surface area contributed by atoms with Gasteiger partial charge in [0.15, 0.2) is 11.0 Å². The van der Waals surface area contributed by atoms with Crippen LogP contribution in [-0.2, 0) is 11.3 Å². The van der Waals surface area contributed by atoms with Crippen molar-refractivity contribution in [3.05, 3.63) is 24.5 Å². The average molecular weight is 263 g/mol. The summed E-state index contributed by atoms with van der Waals surface area (Å²) in [5, 5.41) is 19.1. The molecule has 0 spiro atoms. The number of nitrogens with zero attached hydrogens (tertiary/aromatic N) is 4. The minimum atomic E-state index is -1.12. The Morgan fingerprint density at radius 3 is 2.94 bits per heavy atom. The number of aliphatic carboxylic acids is 1. The van der Waals surface area contributed by atoms with Crippen molar-refractivity contribution >= 4 is 17.7 Å². The van der Waals surface area contributed by atoms with Crippen LogP contribution in [0, 0.1) is 0 Å². The van der Waals surface area contributed by atoms with Crippen molar-refractivity contribution < 1.29 is 9.90 Å². The molecule has 7 heteroatoms. The van der Waals surface area contributed by atoms with Crippen LogP contribution in [0.4, 0.5) is 0 Å². The molecule has 0 aromatic carbocycles. The van der Waals surface area contributed by atoms with E-state index in [1.54, 1.807) is 12.4 Å². The normalized spacial score (nSPS) is 10.5. The molecule has 2 aromatic rings. The molecule has 0 unspecified atom stereocenters. The molecule has 18 heavy (non-hydrogen) atoms. The number of hydrogen-bond donors (Lipinski definition) is 0. The van der Waals surface area contributed by atoms with E-state index in [0.29, 0.717) is 17.5 Å². The summed E-state index contributed by atoms with van der Waals surface area (Å²) in [5.41, 5.74) is 0.854. The molecule has 2 aromatic heterocycles. The Morgan fingerprint density at radius 1 is 1.50 bits per heavy atom. The molecular weight excluding hydrogens is 252 g/mol. The zero-order valence-corrected chi connectivity index (χ0v) is 10.6. The maximum atomic E-state index is 10.4. The Hall–Kier alpha value is -1.89. The van der Waals surface area contributed by atoms with Gasteiger partial charge in [0.1, 0.15) is 0 Å². The molecule has 2 rings (SSSR count). The first kappa shape index (κ1) is 12.6. The second-order valence-electron chi connectivity index (χ2n) is 3.45. The van der Waals surface area contributed by atoms with Crippen molar-refractivity contribution in [2.45, 2.75) is 18.6 Å². The maximum Gasteiger partial charge on any atom is 0.191 e. The number of pyridine rings is 1. The molecule has 2 heterocycles. The number of carbonyl (C=O) groups excluding carboxylic acids is 1. The van der Waals surface area contributed by atoms with E-state index >= 15 is 0 Å². The smallest absolute Gasteiger partial charge is 0.191 e. The Labute approximate surface area is 108 Å². The van der Waals surface area contributed by atoms with E-state index in [2.05, 4.69) is 15.2 Å². The van der Waals surface area contributed by atoms with E-state index in [0.717, 1.165) is 17.3 Å². The molecular formula is C11H11N4O2S-. The van der Waals surface area contributed by atoms with Gasteiger partial charge in [0.2, 0.25) is 0 Å². The fourth-order valence-electron chi connectivity index (χ4n) is 1.51. The van der Waals surface area contributed by atoms with Crippen molar-refractivity contribution in [2.75, 3.05) is 5.75 Å². The Bertz CT molecular complexity index is 541. The molecule has 0 saturated heterocycles. The zero-order chi connectivity index (χ0) is 13.0. The van der Waals surface area contributed by atoms with Crippen LogP contribution in [0.5, 0.6) is 0 Å². The first-order chi connectivity index (χ1) is 8.72. The van der Waals surface area contributed by atoms with Gasteiger partial charge in [-0.2, -0.15) is 0 Å². The number of aromatic nitrogens is 4. The van der Waals surface area contributed by atoms with Crippen molar-refractivity contribution in [2.24, 2.45) is 0 Å². The number of rotatable bonds is 5. The first-order valence-corrected chi connectivity index (χ1v) is 6.37. The zero-order valence-electron chi connectivity index (χ0n) is 9.74. The summed E-state index contributed by atoms with van der Waals surface area (Å²) in [4.78, 5) is 14.5. The van der Waals surface area contributed by atoms with E-state index in [9.17, 15) is 9.90 Å². The van der Waals surface area contributed by atoms with Crippen molar-refractivity contribution in [3.8, 4) is 11.4 Å². The summed E-state index contributed by atoms with van der Waals surface area (Å²) >= 11 is 1.10. The predicted molar refractivity (Wildman–Crippen MR) is 64.7 cm³/mol. The van der Waals surface area contributed by atoms with Gasteiger partial charge in [-0.3, -0.25) is 4.98 Å². The Morgan fingerprint density at radius 2 is 2.33 bits per heavy atom. The SMILES string of the molecule is CCn1c(SCC(=O)[O-])nnc1-c1cccnc1. The van der Waals surface area contributed by atoms with E-state index in [4.69, 9.17) is 0 Å². The van der Waals surface area contributed by atoms with E-state index in [-0.39, 0.29) is 5.75 Å². The Kier molecular flexibility index (Phi) is 3.93. The lowest BCUT2D eigenvalue weighted by atomic mass is 10.3.